The summed E-state index contributed by atoms with van der Waals surface area (Å²) in [5.41, 5.74) is -1.15. The first-order valence-electron chi connectivity index (χ1n) is 14.3. The number of fused-ring (bicyclic) bond motifs is 1. The Morgan fingerprint density at radius 2 is 1.75 bits per heavy atom. The van der Waals surface area contributed by atoms with Gasteiger partial charge < -0.3 is 59.4 Å². The Morgan fingerprint density at radius 1 is 1.05 bits per heavy atom. The average molecular weight is 625 g/mol. The topological polar surface area (TPSA) is 222 Å². The summed E-state index contributed by atoms with van der Waals surface area (Å²) in [6.45, 7) is 1.81. The van der Waals surface area contributed by atoms with Crippen molar-refractivity contribution in [2.45, 2.75) is 75.4 Å². The zero-order valence-electron chi connectivity index (χ0n) is 24.3. The van der Waals surface area contributed by atoms with Crippen molar-refractivity contribution in [3.8, 4) is 5.75 Å². The number of hydrogen-bond acceptors (Lipinski definition) is 14. The van der Waals surface area contributed by atoms with Crippen LogP contribution < -0.4 is 0 Å². The van der Waals surface area contributed by atoms with Crippen molar-refractivity contribution in [1.82, 2.24) is 0 Å². The fourth-order valence-corrected chi connectivity index (χ4v) is 5.70. The average Bonchev–Trinajstić information content (AvgIpc) is 3.28. The number of ether oxygens (including phenoxy) is 5. The molecular weight excluding hydrogens is 584 g/mol. The quantitative estimate of drug-likeness (QED) is 0.120. The zero-order chi connectivity index (χ0) is 32.2. The lowest BCUT2D eigenvalue weighted by Gasteiger charge is -2.41. The molecule has 44 heavy (non-hydrogen) atoms. The highest BCUT2D eigenvalue weighted by Crippen LogP contribution is 2.50. The van der Waals surface area contributed by atoms with Crippen molar-refractivity contribution in [2.75, 3.05) is 19.8 Å². The summed E-state index contributed by atoms with van der Waals surface area (Å²) < 4.78 is 27.9. The van der Waals surface area contributed by atoms with Crippen LogP contribution >= 0.6 is 0 Å². The van der Waals surface area contributed by atoms with E-state index in [1.807, 2.05) is 13.8 Å². The Morgan fingerprint density at radius 3 is 2.39 bits per heavy atom. The third-order valence-electron chi connectivity index (χ3n) is 8.06. The first kappa shape index (κ1) is 33.8. The van der Waals surface area contributed by atoms with Gasteiger partial charge in [-0.15, -0.1) is 0 Å². The maximum absolute atomic E-state index is 12.8. The summed E-state index contributed by atoms with van der Waals surface area (Å²) in [6.07, 6.45) is -6.33. The van der Waals surface area contributed by atoms with Gasteiger partial charge in [0.25, 0.3) is 0 Å². The number of aromatic hydroxyl groups is 1. The molecular formula is C30H40O14. The van der Waals surface area contributed by atoms with E-state index < -0.39 is 85.7 Å². The summed E-state index contributed by atoms with van der Waals surface area (Å²) in [5.74, 6) is -3.24. The monoisotopic (exact) mass is 624 g/mol. The molecule has 0 aromatic heterocycles. The molecule has 2 aliphatic heterocycles. The number of carbonyl (C=O) groups excluding carboxylic acids is 2. The summed E-state index contributed by atoms with van der Waals surface area (Å²) >= 11 is 0. The molecule has 10 atom stereocenters. The van der Waals surface area contributed by atoms with Gasteiger partial charge >= 0.3 is 11.9 Å². The van der Waals surface area contributed by atoms with Crippen LogP contribution in [0.1, 0.15) is 32.3 Å². The largest absolute Gasteiger partial charge is 0.508 e. The molecule has 14 heteroatoms. The standard InChI is InChI=1S/C30H40O14/c1-15(2)9-23(35)44-28-24-19(17(12-40-28)13-41-29-27(38)26(37)25(36)20(11-31)42-29)10-21(30(24,39)14-32)43-22(34)8-5-16-3-6-18(33)7-4-16/h3-8,12,15,19-21,24-29,31-33,36-39H,9-11,13-14H2,1-2H3/t19-,20+,21-,24-,25-,26-,27+,28-,29-,30-/m1/s1. The maximum Gasteiger partial charge on any atom is 0.331 e. The van der Waals surface area contributed by atoms with E-state index in [1.54, 1.807) is 12.1 Å². The normalized spacial score (nSPS) is 35.2. The molecule has 14 nitrogen and oxygen atoms in total. The number of rotatable bonds is 11. The third-order valence-corrected chi connectivity index (χ3v) is 8.06. The van der Waals surface area contributed by atoms with Crippen LogP contribution in [0.4, 0.5) is 0 Å². The number of phenols is 1. The van der Waals surface area contributed by atoms with Crippen molar-refractivity contribution >= 4 is 18.0 Å². The molecule has 7 N–H and O–H groups in total. The molecule has 1 saturated heterocycles. The van der Waals surface area contributed by atoms with Gasteiger partial charge in [0, 0.05) is 18.4 Å². The smallest absolute Gasteiger partial charge is 0.331 e. The van der Waals surface area contributed by atoms with E-state index in [2.05, 4.69) is 0 Å². The van der Waals surface area contributed by atoms with Crippen molar-refractivity contribution in [2.24, 2.45) is 17.8 Å². The molecule has 0 spiro atoms. The van der Waals surface area contributed by atoms with Crippen molar-refractivity contribution in [3.05, 3.63) is 47.7 Å². The molecule has 0 unspecified atom stereocenters. The first-order valence-corrected chi connectivity index (χ1v) is 14.3. The highest BCUT2D eigenvalue weighted by Gasteiger charge is 2.62. The van der Waals surface area contributed by atoms with E-state index >= 15 is 0 Å². The molecule has 1 aromatic rings. The van der Waals surface area contributed by atoms with E-state index in [-0.39, 0.29) is 31.1 Å². The fraction of sp³-hybridized carbons (Fsp3) is 0.600. The Bertz CT molecular complexity index is 1200. The third kappa shape index (κ3) is 7.41. The molecule has 0 radical (unpaired) electrons. The van der Waals surface area contributed by atoms with Crippen LogP contribution in [0, 0.1) is 17.8 Å². The molecule has 0 amide bonds. The van der Waals surface area contributed by atoms with Crippen LogP contribution in [0.2, 0.25) is 0 Å². The minimum absolute atomic E-state index is 0.0331. The van der Waals surface area contributed by atoms with Gasteiger partial charge in [0.05, 0.1) is 32.0 Å². The lowest BCUT2D eigenvalue weighted by molar-refractivity contribution is -0.299. The number of aliphatic hydroxyl groups is 6. The van der Waals surface area contributed by atoms with Gasteiger partial charge in [-0.25, -0.2) is 4.79 Å². The van der Waals surface area contributed by atoms with Gasteiger partial charge in [-0.3, -0.25) is 4.79 Å². The molecule has 1 aromatic carbocycles. The van der Waals surface area contributed by atoms with Crippen molar-refractivity contribution < 1.29 is 69.0 Å². The SMILES string of the molecule is CC(C)CC(=O)O[C@H]1OC=C(CO[C@@H]2O[C@@H](CO)[C@@H](O)[C@@H](O)[C@@H]2O)[C@H]2C[C@@H](OC(=O)C=Cc3ccc(O)cc3)[C@](O)(CO)[C@@H]12. The van der Waals surface area contributed by atoms with Crippen LogP contribution in [0.3, 0.4) is 0 Å². The minimum atomic E-state index is -2.11. The van der Waals surface area contributed by atoms with E-state index in [0.717, 1.165) is 6.08 Å². The molecule has 2 heterocycles. The number of aliphatic hydroxyl groups excluding tert-OH is 5. The van der Waals surface area contributed by atoms with Gasteiger partial charge in [0.2, 0.25) is 6.29 Å². The number of phenolic OH excluding ortho intramolecular Hbond substituents is 1. The molecule has 4 rings (SSSR count). The number of carbonyl (C=O) groups is 2. The second-order valence-electron chi connectivity index (χ2n) is 11.7. The Kier molecular flexibility index (Phi) is 11.0. The van der Waals surface area contributed by atoms with E-state index in [9.17, 15) is 45.3 Å². The fourth-order valence-electron chi connectivity index (χ4n) is 5.70. The van der Waals surface area contributed by atoms with Gasteiger partial charge in [0.15, 0.2) is 6.29 Å². The van der Waals surface area contributed by atoms with Gasteiger partial charge in [-0.2, -0.15) is 0 Å². The summed E-state index contributed by atoms with van der Waals surface area (Å²) in [4.78, 5) is 25.3. The maximum atomic E-state index is 12.8. The molecule has 2 fully saturated rings. The van der Waals surface area contributed by atoms with Crippen LogP contribution in [0.5, 0.6) is 5.75 Å². The van der Waals surface area contributed by atoms with Gasteiger partial charge in [0.1, 0.15) is 41.9 Å². The highest BCUT2D eigenvalue weighted by molar-refractivity contribution is 5.87. The predicted octanol–water partition coefficient (Wildman–Crippen LogP) is -0.677. The number of benzene rings is 1. The number of esters is 2. The Balaban J connectivity index is 1.54. The number of hydrogen-bond donors (Lipinski definition) is 7. The summed E-state index contributed by atoms with van der Waals surface area (Å²) in [5, 5.41) is 71.5. The minimum Gasteiger partial charge on any atom is -0.508 e. The predicted molar refractivity (Wildman–Crippen MR) is 149 cm³/mol. The lowest BCUT2D eigenvalue weighted by Crippen LogP contribution is -2.59. The second kappa shape index (κ2) is 14.3. The van der Waals surface area contributed by atoms with E-state index in [0.29, 0.717) is 11.1 Å². The van der Waals surface area contributed by atoms with Crippen LogP contribution in [-0.2, 0) is 33.3 Å². The summed E-state index contributed by atoms with van der Waals surface area (Å²) in [6, 6.07) is 6.04. The van der Waals surface area contributed by atoms with E-state index in [1.165, 1.54) is 24.5 Å². The lowest BCUT2D eigenvalue weighted by atomic mass is 9.80. The molecule has 1 saturated carbocycles. The molecule has 244 valence electrons. The van der Waals surface area contributed by atoms with Crippen LogP contribution in [0.25, 0.3) is 6.08 Å². The highest BCUT2D eigenvalue weighted by atomic mass is 16.7. The second-order valence-corrected chi connectivity index (χ2v) is 11.7. The van der Waals surface area contributed by atoms with E-state index in [4.69, 9.17) is 23.7 Å². The van der Waals surface area contributed by atoms with Crippen LogP contribution in [0.15, 0.2) is 42.2 Å². The zero-order valence-corrected chi connectivity index (χ0v) is 24.3. The molecule has 0 bridgehead atoms. The van der Waals surface area contributed by atoms with Gasteiger partial charge in [-0.1, -0.05) is 26.0 Å². The molecule has 3 aliphatic rings. The first-order chi connectivity index (χ1) is 20.9. The Hall–Kier alpha value is -3.08. The van der Waals surface area contributed by atoms with Crippen molar-refractivity contribution in [3.63, 3.8) is 0 Å². The van der Waals surface area contributed by atoms with Gasteiger partial charge in [-0.05, 0) is 41.7 Å². The van der Waals surface area contributed by atoms with Crippen LogP contribution in [-0.4, -0.2) is 116 Å². The summed E-state index contributed by atoms with van der Waals surface area (Å²) in [7, 11) is 0. The molecule has 1 aliphatic carbocycles. The Labute approximate surface area is 253 Å². The van der Waals surface area contributed by atoms with Crippen molar-refractivity contribution in [1.29, 1.82) is 0 Å².